The van der Waals surface area contributed by atoms with Crippen LogP contribution in [0.25, 0.3) is 4.96 Å². The predicted molar refractivity (Wildman–Crippen MR) is 102 cm³/mol. The van der Waals surface area contributed by atoms with Gasteiger partial charge in [0, 0.05) is 5.56 Å². The van der Waals surface area contributed by atoms with Crippen molar-refractivity contribution in [1.82, 2.24) is 14.6 Å². The van der Waals surface area contributed by atoms with Gasteiger partial charge in [0.1, 0.15) is 36.9 Å². The lowest BCUT2D eigenvalue weighted by Crippen LogP contribution is -3.28. The Bertz CT molecular complexity index is 916. The lowest BCUT2D eigenvalue weighted by Gasteiger charge is -2.34. The highest BCUT2D eigenvalue weighted by atomic mass is 35.5. The molecule has 1 aromatic carbocycles. The van der Waals surface area contributed by atoms with Gasteiger partial charge in [0.25, 0.3) is 0 Å². The molecule has 1 atom stereocenters. The highest BCUT2D eigenvalue weighted by molar-refractivity contribution is 7.17. The van der Waals surface area contributed by atoms with Crippen molar-refractivity contribution in [2.45, 2.75) is 19.9 Å². The van der Waals surface area contributed by atoms with Gasteiger partial charge >= 0.3 is 0 Å². The normalized spacial score (nSPS) is 22.0. The number of hydrogen-bond donors (Lipinski definition) is 3. The van der Waals surface area contributed by atoms with E-state index in [-0.39, 0.29) is 11.9 Å². The molecule has 3 N–H and O–H groups in total. The highest BCUT2D eigenvalue weighted by Gasteiger charge is 2.36. The molecule has 2 aromatic heterocycles. The number of quaternary nitrogens is 2. The Kier molecular flexibility index (Phi) is 4.88. The minimum Gasteiger partial charge on any atom is -0.492 e. The number of hydrogen-bond acceptors (Lipinski definition) is 4. The van der Waals surface area contributed by atoms with E-state index in [1.807, 2.05) is 25.1 Å². The van der Waals surface area contributed by atoms with E-state index in [4.69, 9.17) is 11.6 Å². The third kappa shape index (κ3) is 3.09. The van der Waals surface area contributed by atoms with E-state index in [9.17, 15) is 5.11 Å². The Hall–Kier alpha value is -1.67. The molecule has 0 aliphatic carbocycles. The van der Waals surface area contributed by atoms with Crippen LogP contribution in [0, 0.1) is 6.92 Å². The molecule has 6 nitrogen and oxygen atoms in total. The van der Waals surface area contributed by atoms with E-state index in [2.05, 4.69) is 23.1 Å². The number of rotatable bonds is 4. The first-order chi connectivity index (χ1) is 12.6. The number of piperazine rings is 1. The number of aromatic hydroxyl groups is 1. The van der Waals surface area contributed by atoms with Gasteiger partial charge in [-0.15, -0.1) is 5.10 Å². The van der Waals surface area contributed by atoms with Crippen LogP contribution in [-0.4, -0.2) is 52.4 Å². The number of aromatic nitrogens is 3. The lowest BCUT2D eigenvalue weighted by atomic mass is 10.0. The first-order valence-corrected chi connectivity index (χ1v) is 10.3. The van der Waals surface area contributed by atoms with Crippen molar-refractivity contribution in [2.24, 2.45) is 0 Å². The van der Waals surface area contributed by atoms with Crippen molar-refractivity contribution in [3.05, 3.63) is 45.6 Å². The molecular formula is C18H24ClN5OS+2. The summed E-state index contributed by atoms with van der Waals surface area (Å²) in [6.45, 7) is 9.59. The second kappa shape index (κ2) is 7.15. The molecule has 0 amide bonds. The number of thiazole rings is 1. The molecule has 3 aromatic rings. The molecule has 1 aliphatic heterocycles. The standard InChI is InChI=1S/C18H22ClN5OS/c1-3-22-8-10-23(11-9-22)15(13-6-4-5-7-14(13)19)16-17(25)24-18(26-16)20-12(2)21-24/h4-7,15,25H,3,8-11H2,1-2H3/p+2/t15-/m0/s1. The van der Waals surface area contributed by atoms with Crippen LogP contribution < -0.4 is 9.80 Å². The third-order valence-electron chi connectivity index (χ3n) is 5.29. The smallest absolute Gasteiger partial charge is 0.235 e. The summed E-state index contributed by atoms with van der Waals surface area (Å²) in [5, 5.41) is 15.9. The van der Waals surface area contributed by atoms with Crippen LogP contribution in [0.3, 0.4) is 0 Å². The molecule has 0 spiro atoms. The molecule has 0 bridgehead atoms. The summed E-state index contributed by atoms with van der Waals surface area (Å²) in [6, 6.07) is 7.95. The molecule has 3 heterocycles. The number of fused-ring (bicyclic) bond motifs is 1. The van der Waals surface area contributed by atoms with Crippen LogP contribution in [0.2, 0.25) is 5.02 Å². The fourth-order valence-electron chi connectivity index (χ4n) is 3.86. The number of likely N-dealkylation sites (N-methyl/N-ethyl adjacent to an activating group) is 1. The third-order valence-corrected chi connectivity index (χ3v) is 6.72. The summed E-state index contributed by atoms with van der Waals surface area (Å²) in [7, 11) is 0. The largest absolute Gasteiger partial charge is 0.492 e. The average Bonchev–Trinajstić information content (AvgIpc) is 3.15. The summed E-state index contributed by atoms with van der Waals surface area (Å²) in [4.78, 5) is 9.12. The van der Waals surface area contributed by atoms with Crippen LogP contribution in [0.4, 0.5) is 0 Å². The Morgan fingerprint density at radius 2 is 2.00 bits per heavy atom. The molecular weight excluding hydrogens is 370 g/mol. The topological polar surface area (TPSA) is 59.3 Å². The van der Waals surface area contributed by atoms with Crippen molar-refractivity contribution in [3.8, 4) is 5.88 Å². The van der Waals surface area contributed by atoms with E-state index in [0.29, 0.717) is 5.82 Å². The summed E-state index contributed by atoms with van der Waals surface area (Å²) >= 11 is 8.07. The Morgan fingerprint density at radius 1 is 1.27 bits per heavy atom. The van der Waals surface area contributed by atoms with Crippen molar-refractivity contribution in [1.29, 1.82) is 0 Å². The molecule has 26 heavy (non-hydrogen) atoms. The van der Waals surface area contributed by atoms with Gasteiger partial charge in [-0.3, -0.25) is 0 Å². The Morgan fingerprint density at radius 3 is 2.65 bits per heavy atom. The second-order valence-corrected chi connectivity index (χ2v) is 8.28. The number of benzene rings is 1. The highest BCUT2D eigenvalue weighted by Crippen LogP contribution is 2.37. The van der Waals surface area contributed by atoms with Crippen LogP contribution in [0.15, 0.2) is 24.3 Å². The van der Waals surface area contributed by atoms with Gasteiger partial charge in [0.2, 0.25) is 10.8 Å². The van der Waals surface area contributed by atoms with Gasteiger partial charge in [-0.05, 0) is 19.9 Å². The maximum absolute atomic E-state index is 10.9. The van der Waals surface area contributed by atoms with Gasteiger partial charge in [-0.25, -0.2) is 4.98 Å². The van der Waals surface area contributed by atoms with Crippen molar-refractivity contribution < 1.29 is 14.9 Å². The van der Waals surface area contributed by atoms with E-state index < -0.39 is 0 Å². The lowest BCUT2D eigenvalue weighted by molar-refractivity contribution is -1.02. The first kappa shape index (κ1) is 17.7. The van der Waals surface area contributed by atoms with Gasteiger partial charge in [0.05, 0.1) is 11.6 Å². The van der Waals surface area contributed by atoms with Crippen LogP contribution in [-0.2, 0) is 0 Å². The minimum absolute atomic E-state index is 0.00378. The van der Waals surface area contributed by atoms with Gasteiger partial charge < -0.3 is 14.9 Å². The van der Waals surface area contributed by atoms with Crippen molar-refractivity contribution in [2.75, 3.05) is 32.7 Å². The predicted octanol–water partition coefficient (Wildman–Crippen LogP) is 0.351. The Labute approximate surface area is 161 Å². The second-order valence-electron chi connectivity index (χ2n) is 6.86. The Balaban J connectivity index is 1.78. The van der Waals surface area contributed by atoms with E-state index in [1.54, 1.807) is 9.42 Å². The number of nitrogens with zero attached hydrogens (tertiary/aromatic N) is 3. The first-order valence-electron chi connectivity index (χ1n) is 9.06. The summed E-state index contributed by atoms with van der Waals surface area (Å²) in [6.07, 6.45) is 0. The minimum atomic E-state index is -0.00378. The summed E-state index contributed by atoms with van der Waals surface area (Å²) in [5.41, 5.74) is 1.06. The number of nitrogens with one attached hydrogen (secondary N) is 2. The molecule has 0 radical (unpaired) electrons. The molecule has 1 aliphatic rings. The molecule has 138 valence electrons. The van der Waals surface area contributed by atoms with Crippen LogP contribution in [0.5, 0.6) is 5.88 Å². The van der Waals surface area contributed by atoms with Crippen molar-refractivity contribution in [3.63, 3.8) is 0 Å². The maximum Gasteiger partial charge on any atom is 0.235 e. The van der Waals surface area contributed by atoms with E-state index in [0.717, 1.165) is 53.1 Å². The number of aryl methyl sites for hydroxylation is 1. The van der Waals surface area contributed by atoms with E-state index >= 15 is 0 Å². The molecule has 8 heteroatoms. The summed E-state index contributed by atoms with van der Waals surface area (Å²) in [5.74, 6) is 0.855. The molecule has 0 unspecified atom stereocenters. The molecule has 1 fully saturated rings. The quantitative estimate of drug-likeness (QED) is 0.599. The van der Waals surface area contributed by atoms with Crippen LogP contribution >= 0.6 is 22.9 Å². The summed E-state index contributed by atoms with van der Waals surface area (Å²) < 4.78 is 1.55. The zero-order valence-electron chi connectivity index (χ0n) is 15.0. The SMILES string of the molecule is CC[NH+]1CC[NH+]([C@@H](c2ccccc2Cl)c2sc3nc(C)nn3c2O)CC1. The van der Waals surface area contributed by atoms with Gasteiger partial charge in [-0.2, -0.15) is 4.52 Å². The molecule has 0 saturated carbocycles. The average molecular weight is 394 g/mol. The molecule has 1 saturated heterocycles. The fraction of sp³-hybridized carbons (Fsp3) is 0.444. The van der Waals surface area contributed by atoms with E-state index in [1.165, 1.54) is 16.2 Å². The monoisotopic (exact) mass is 393 g/mol. The van der Waals surface area contributed by atoms with Crippen LogP contribution in [0.1, 0.15) is 29.2 Å². The van der Waals surface area contributed by atoms with Gasteiger partial charge in [0.15, 0.2) is 6.04 Å². The zero-order valence-corrected chi connectivity index (χ0v) is 16.6. The number of halogens is 1. The molecule has 4 rings (SSSR count). The maximum atomic E-state index is 10.9. The van der Waals surface area contributed by atoms with Crippen molar-refractivity contribution >= 4 is 27.9 Å². The zero-order chi connectivity index (χ0) is 18.3. The van der Waals surface area contributed by atoms with Gasteiger partial charge in [-0.1, -0.05) is 41.1 Å². The fourth-order valence-corrected chi connectivity index (χ4v) is 5.28.